The lowest BCUT2D eigenvalue weighted by atomic mass is 9.91. The molecule has 1 aliphatic heterocycles. The number of aryl methyl sites for hydroxylation is 2. The van der Waals surface area contributed by atoms with Gasteiger partial charge in [-0.15, -0.1) is 0 Å². The summed E-state index contributed by atoms with van der Waals surface area (Å²) in [5.74, 6) is -0.543. The van der Waals surface area contributed by atoms with E-state index in [2.05, 4.69) is 17.9 Å². The molecule has 1 fully saturated rings. The second-order valence-electron chi connectivity index (χ2n) is 8.53. The van der Waals surface area contributed by atoms with Crippen LogP contribution in [0.25, 0.3) is 0 Å². The largest absolute Gasteiger partial charge is 0.298 e. The zero-order chi connectivity index (χ0) is 19.7. The Morgan fingerprint density at radius 2 is 1.79 bits per heavy atom. The molecule has 4 nitrogen and oxygen atoms in total. The van der Waals surface area contributed by atoms with Gasteiger partial charge in [0.05, 0.1) is 0 Å². The van der Waals surface area contributed by atoms with Crippen molar-refractivity contribution in [1.82, 2.24) is 4.90 Å². The molecule has 1 atom stereocenters. The summed E-state index contributed by atoms with van der Waals surface area (Å²) in [7, 11) is -3.50. The molecule has 4 rings (SSSR count). The van der Waals surface area contributed by atoms with Crippen LogP contribution in [-0.2, 0) is 46.7 Å². The van der Waals surface area contributed by atoms with Crippen molar-refractivity contribution in [2.45, 2.75) is 70.8 Å². The van der Waals surface area contributed by atoms with Gasteiger partial charge in [-0.2, -0.15) is 0 Å². The Bertz CT molecular complexity index is 869. The summed E-state index contributed by atoms with van der Waals surface area (Å²) in [5.41, 5.74) is 6.64. The third kappa shape index (κ3) is 4.11. The molecule has 0 unspecified atom stereocenters. The molecule has 1 aromatic rings. The summed E-state index contributed by atoms with van der Waals surface area (Å²) in [4.78, 5) is 15.0. The number of ketones is 1. The number of Topliss-reactive ketones (excluding diaryl/α,β-unsaturated/α-hetero) is 1. The average Bonchev–Trinajstić information content (AvgIpc) is 3.39. The van der Waals surface area contributed by atoms with Crippen LogP contribution in [0.4, 0.5) is 0 Å². The monoisotopic (exact) mass is 401 g/mol. The van der Waals surface area contributed by atoms with Crippen LogP contribution in [0.2, 0.25) is 0 Å². The summed E-state index contributed by atoms with van der Waals surface area (Å²) < 4.78 is 25.0. The highest BCUT2D eigenvalue weighted by molar-refractivity contribution is 7.94. The van der Waals surface area contributed by atoms with Crippen LogP contribution in [0.3, 0.4) is 0 Å². The molecule has 0 radical (unpaired) electrons. The van der Waals surface area contributed by atoms with Crippen molar-refractivity contribution in [3.05, 3.63) is 45.4 Å². The first kappa shape index (κ1) is 19.8. The second kappa shape index (κ2) is 8.11. The van der Waals surface area contributed by atoms with Gasteiger partial charge in [0.25, 0.3) is 0 Å². The first-order valence-corrected chi connectivity index (χ1v) is 12.5. The van der Waals surface area contributed by atoms with Gasteiger partial charge in [-0.05, 0) is 92.3 Å². The minimum absolute atomic E-state index is 0.169. The van der Waals surface area contributed by atoms with Crippen molar-refractivity contribution in [3.8, 4) is 0 Å². The number of likely N-dealkylation sites (tertiary alicyclic amines) is 1. The molecule has 0 amide bonds. The molecular formula is C23H31NO3S. The zero-order valence-electron chi connectivity index (χ0n) is 16.9. The quantitative estimate of drug-likeness (QED) is 0.704. The van der Waals surface area contributed by atoms with Crippen LogP contribution in [0.15, 0.2) is 17.6 Å². The molecule has 28 heavy (non-hydrogen) atoms. The maximum absolute atomic E-state index is 12.7. The molecule has 5 heteroatoms. The highest BCUT2D eigenvalue weighted by atomic mass is 32.2. The topological polar surface area (TPSA) is 54.5 Å². The Labute approximate surface area is 168 Å². The normalized spacial score (nSPS) is 22.1. The summed E-state index contributed by atoms with van der Waals surface area (Å²) in [6.07, 6.45) is 10.7. The highest BCUT2D eigenvalue weighted by Gasteiger charge is 2.26. The Morgan fingerprint density at radius 3 is 2.43 bits per heavy atom. The molecule has 1 aromatic carbocycles. The molecule has 152 valence electrons. The number of fused-ring (bicyclic) bond motifs is 2. The number of nitrogens with zero attached hydrogens (tertiary/aromatic N) is 1. The van der Waals surface area contributed by atoms with Crippen LogP contribution in [0.5, 0.6) is 0 Å². The third-order valence-corrected chi connectivity index (χ3v) is 7.96. The fourth-order valence-corrected chi connectivity index (χ4v) is 6.41. The SMILES string of the molecule is CCN1CCC[C@H]1/C=C/S(=O)(=O)CC(=O)Cc1c2c(cc3c1CCC3)CCC2. The van der Waals surface area contributed by atoms with E-state index in [9.17, 15) is 13.2 Å². The molecule has 2 aliphatic carbocycles. The summed E-state index contributed by atoms with van der Waals surface area (Å²) in [6.45, 7) is 4.05. The fourth-order valence-electron chi connectivity index (χ4n) is 5.34. The van der Waals surface area contributed by atoms with Gasteiger partial charge in [-0.1, -0.05) is 19.1 Å². The van der Waals surface area contributed by atoms with E-state index in [-0.39, 0.29) is 24.0 Å². The van der Waals surface area contributed by atoms with Crippen LogP contribution >= 0.6 is 0 Å². The Kier molecular flexibility index (Phi) is 5.75. The lowest BCUT2D eigenvalue weighted by Gasteiger charge is -2.19. The van der Waals surface area contributed by atoms with E-state index >= 15 is 0 Å². The first-order valence-electron chi connectivity index (χ1n) is 10.8. The lowest BCUT2D eigenvalue weighted by Crippen LogP contribution is -2.27. The number of likely N-dealkylation sites (N-methyl/N-ethyl adjacent to an activating group) is 1. The van der Waals surface area contributed by atoms with Crippen molar-refractivity contribution >= 4 is 15.6 Å². The van der Waals surface area contributed by atoms with Gasteiger partial charge in [0.1, 0.15) is 5.75 Å². The molecule has 0 aromatic heterocycles. The number of benzene rings is 1. The molecule has 0 N–H and O–H groups in total. The van der Waals surface area contributed by atoms with Gasteiger partial charge in [-0.3, -0.25) is 9.69 Å². The minimum atomic E-state index is -3.50. The van der Waals surface area contributed by atoms with E-state index in [4.69, 9.17) is 0 Å². The lowest BCUT2D eigenvalue weighted by molar-refractivity contribution is -0.116. The van der Waals surface area contributed by atoms with Crippen LogP contribution < -0.4 is 0 Å². The Morgan fingerprint density at radius 1 is 1.11 bits per heavy atom. The van der Waals surface area contributed by atoms with Gasteiger partial charge < -0.3 is 0 Å². The maximum atomic E-state index is 12.7. The summed E-state index contributed by atoms with van der Waals surface area (Å²) >= 11 is 0. The van der Waals surface area contributed by atoms with Crippen LogP contribution in [0.1, 0.15) is 60.4 Å². The average molecular weight is 402 g/mol. The molecule has 0 saturated carbocycles. The van der Waals surface area contributed by atoms with E-state index in [1.807, 2.05) is 0 Å². The minimum Gasteiger partial charge on any atom is -0.298 e. The second-order valence-corrected chi connectivity index (χ2v) is 10.4. The van der Waals surface area contributed by atoms with Crippen molar-refractivity contribution in [2.75, 3.05) is 18.8 Å². The van der Waals surface area contributed by atoms with E-state index in [1.165, 1.54) is 33.2 Å². The van der Waals surface area contributed by atoms with E-state index in [1.54, 1.807) is 6.08 Å². The number of carbonyl (C=O) groups is 1. The molecule has 1 saturated heterocycles. The van der Waals surface area contributed by atoms with Gasteiger partial charge in [0, 0.05) is 17.9 Å². The summed E-state index contributed by atoms with van der Waals surface area (Å²) in [6, 6.07) is 2.54. The molecule has 1 heterocycles. The number of hydrogen-bond acceptors (Lipinski definition) is 4. The van der Waals surface area contributed by atoms with Gasteiger partial charge >= 0.3 is 0 Å². The Hall–Kier alpha value is -1.46. The van der Waals surface area contributed by atoms with Gasteiger partial charge in [-0.25, -0.2) is 8.42 Å². The number of rotatable bonds is 7. The zero-order valence-corrected chi connectivity index (χ0v) is 17.7. The van der Waals surface area contributed by atoms with E-state index < -0.39 is 9.84 Å². The predicted octanol–water partition coefficient (Wildman–Crippen LogP) is 3.19. The smallest absolute Gasteiger partial charge is 0.178 e. The molecule has 0 spiro atoms. The van der Waals surface area contributed by atoms with E-state index in [0.717, 1.165) is 64.5 Å². The molecular weight excluding hydrogens is 370 g/mol. The fraction of sp³-hybridized carbons (Fsp3) is 0.609. The van der Waals surface area contributed by atoms with E-state index in [0.29, 0.717) is 0 Å². The van der Waals surface area contributed by atoms with Crippen molar-refractivity contribution in [2.24, 2.45) is 0 Å². The van der Waals surface area contributed by atoms with Crippen molar-refractivity contribution < 1.29 is 13.2 Å². The third-order valence-electron chi connectivity index (χ3n) is 6.66. The Balaban J connectivity index is 1.46. The van der Waals surface area contributed by atoms with Gasteiger partial charge in [0.2, 0.25) is 0 Å². The van der Waals surface area contributed by atoms with Gasteiger partial charge in [0.15, 0.2) is 15.6 Å². The van der Waals surface area contributed by atoms with Crippen LogP contribution in [-0.4, -0.2) is 44.0 Å². The van der Waals surface area contributed by atoms with Crippen molar-refractivity contribution in [3.63, 3.8) is 0 Å². The van der Waals surface area contributed by atoms with Crippen molar-refractivity contribution in [1.29, 1.82) is 0 Å². The molecule has 3 aliphatic rings. The molecule has 0 bridgehead atoms. The summed E-state index contributed by atoms with van der Waals surface area (Å²) in [5, 5.41) is 1.30. The highest BCUT2D eigenvalue weighted by Crippen LogP contribution is 2.35. The standard InChI is InChI=1S/C23H31NO3S/c1-2-24-12-5-8-19(24)11-13-28(26,27)16-20(25)15-23-21-9-3-6-17(21)14-18-7-4-10-22(18)23/h11,13-14,19H,2-10,12,15-16H2,1H3/b13-11+/t19-/m0/s1. The number of carbonyl (C=O) groups excluding carboxylic acids is 1. The first-order chi connectivity index (χ1) is 13.5. The maximum Gasteiger partial charge on any atom is 0.178 e. The number of sulfone groups is 1. The van der Waals surface area contributed by atoms with Crippen LogP contribution in [0, 0.1) is 0 Å². The predicted molar refractivity (Wildman–Crippen MR) is 112 cm³/mol. The number of hydrogen-bond donors (Lipinski definition) is 0.